The topological polar surface area (TPSA) is 90.8 Å². The second-order valence-corrected chi connectivity index (χ2v) is 4.96. The SMILES string of the molecule is COc1cc(N=C(NC#N)SC)ccc1-c1ccc(CO)o1. The molecule has 6 nitrogen and oxygen atoms in total. The number of hydrogen-bond donors (Lipinski definition) is 2. The van der Waals surface area contributed by atoms with Gasteiger partial charge in [-0.15, -0.1) is 0 Å². The number of aliphatic hydroxyl groups is 1. The van der Waals surface area contributed by atoms with Crippen molar-refractivity contribution in [2.75, 3.05) is 13.4 Å². The number of nitrogens with zero attached hydrogens (tertiary/aromatic N) is 2. The van der Waals surface area contributed by atoms with Gasteiger partial charge < -0.3 is 14.3 Å². The quantitative estimate of drug-likeness (QED) is 0.390. The number of amidine groups is 1. The molecule has 0 saturated heterocycles. The molecule has 2 rings (SSSR count). The molecule has 1 aromatic carbocycles. The van der Waals surface area contributed by atoms with Crippen molar-refractivity contribution in [3.63, 3.8) is 0 Å². The maximum atomic E-state index is 9.07. The van der Waals surface area contributed by atoms with E-state index in [2.05, 4.69) is 10.3 Å². The van der Waals surface area contributed by atoms with Gasteiger partial charge in [-0.05, 0) is 30.5 Å². The number of nitriles is 1. The van der Waals surface area contributed by atoms with Gasteiger partial charge in [0.25, 0.3) is 0 Å². The summed E-state index contributed by atoms with van der Waals surface area (Å²) in [4.78, 5) is 4.33. The molecule has 1 heterocycles. The highest BCUT2D eigenvalue weighted by Gasteiger charge is 2.11. The fourth-order valence-corrected chi connectivity index (χ4v) is 2.19. The van der Waals surface area contributed by atoms with Crippen LogP contribution in [-0.2, 0) is 6.61 Å². The lowest BCUT2D eigenvalue weighted by Gasteiger charge is -2.08. The van der Waals surface area contributed by atoms with Gasteiger partial charge >= 0.3 is 0 Å². The van der Waals surface area contributed by atoms with E-state index in [4.69, 9.17) is 19.5 Å². The van der Waals surface area contributed by atoms with Crippen LogP contribution in [0.15, 0.2) is 39.7 Å². The van der Waals surface area contributed by atoms with Crippen molar-refractivity contribution >= 4 is 22.6 Å². The second kappa shape index (κ2) is 7.54. The van der Waals surface area contributed by atoms with Gasteiger partial charge in [0.15, 0.2) is 11.4 Å². The standard InChI is InChI=1S/C15H15N3O3S/c1-20-14-7-10(18-15(22-2)17-9-16)3-5-12(14)13-6-4-11(8-19)21-13/h3-7,19H,8H2,1-2H3,(H,17,18). The van der Waals surface area contributed by atoms with E-state index >= 15 is 0 Å². The van der Waals surface area contributed by atoms with Gasteiger partial charge in [0.2, 0.25) is 0 Å². The molecule has 1 aromatic heterocycles. The number of methoxy groups -OCH3 is 1. The molecule has 0 amide bonds. The van der Waals surface area contributed by atoms with E-state index in [0.717, 1.165) is 5.56 Å². The van der Waals surface area contributed by atoms with Crippen molar-refractivity contribution in [1.29, 1.82) is 5.26 Å². The Kier molecular flexibility index (Phi) is 5.47. The Balaban J connectivity index is 2.37. The molecule has 0 atom stereocenters. The van der Waals surface area contributed by atoms with Crippen molar-refractivity contribution in [2.24, 2.45) is 4.99 Å². The van der Waals surface area contributed by atoms with Crippen LogP contribution in [0.2, 0.25) is 0 Å². The molecule has 22 heavy (non-hydrogen) atoms. The molecule has 7 heteroatoms. The maximum Gasteiger partial charge on any atom is 0.183 e. The van der Waals surface area contributed by atoms with Crippen LogP contribution in [-0.4, -0.2) is 23.6 Å². The predicted octanol–water partition coefficient (Wildman–Crippen LogP) is 2.87. The zero-order chi connectivity index (χ0) is 15.9. The summed E-state index contributed by atoms with van der Waals surface area (Å²) in [5, 5.41) is 20.7. The summed E-state index contributed by atoms with van der Waals surface area (Å²) in [6.07, 6.45) is 3.67. The number of nitrogens with one attached hydrogen (secondary N) is 1. The first-order valence-electron chi connectivity index (χ1n) is 6.37. The predicted molar refractivity (Wildman–Crippen MR) is 86.0 cm³/mol. The number of aliphatic imine (C=N–C) groups is 1. The third kappa shape index (κ3) is 3.61. The summed E-state index contributed by atoms with van der Waals surface area (Å²) >= 11 is 1.34. The fourth-order valence-electron chi connectivity index (χ4n) is 1.85. The first-order chi connectivity index (χ1) is 10.7. The van der Waals surface area contributed by atoms with Gasteiger partial charge in [-0.1, -0.05) is 11.8 Å². The second-order valence-electron chi connectivity index (χ2n) is 4.17. The van der Waals surface area contributed by atoms with Crippen molar-refractivity contribution in [2.45, 2.75) is 6.61 Å². The van der Waals surface area contributed by atoms with Crippen LogP contribution < -0.4 is 10.1 Å². The van der Waals surface area contributed by atoms with Gasteiger partial charge in [0, 0.05) is 6.07 Å². The van der Waals surface area contributed by atoms with E-state index in [0.29, 0.717) is 28.1 Å². The van der Waals surface area contributed by atoms with E-state index in [1.54, 1.807) is 31.4 Å². The van der Waals surface area contributed by atoms with E-state index in [9.17, 15) is 0 Å². The van der Waals surface area contributed by atoms with Crippen LogP contribution in [0.5, 0.6) is 5.75 Å². The molecule has 2 N–H and O–H groups in total. The number of hydrogen-bond acceptors (Lipinski definition) is 6. The Bertz CT molecular complexity index is 719. The lowest BCUT2D eigenvalue weighted by atomic mass is 10.1. The first-order valence-corrected chi connectivity index (χ1v) is 7.60. The molecule has 0 aliphatic carbocycles. The van der Waals surface area contributed by atoms with Crippen molar-refractivity contribution in [3.05, 3.63) is 36.1 Å². The lowest BCUT2D eigenvalue weighted by molar-refractivity contribution is 0.248. The van der Waals surface area contributed by atoms with Crippen molar-refractivity contribution in [3.8, 4) is 23.3 Å². The minimum atomic E-state index is -0.151. The molecule has 0 aliphatic heterocycles. The highest BCUT2D eigenvalue weighted by atomic mass is 32.2. The Labute approximate surface area is 132 Å². The zero-order valence-corrected chi connectivity index (χ0v) is 13.0. The minimum absolute atomic E-state index is 0.151. The van der Waals surface area contributed by atoms with Gasteiger partial charge in [0.1, 0.15) is 23.9 Å². The monoisotopic (exact) mass is 317 g/mol. The molecule has 0 unspecified atom stereocenters. The Morgan fingerprint density at radius 3 is 2.86 bits per heavy atom. The van der Waals surface area contributed by atoms with Gasteiger partial charge in [-0.2, -0.15) is 5.26 Å². The van der Waals surface area contributed by atoms with Crippen LogP contribution in [0.25, 0.3) is 11.3 Å². The van der Waals surface area contributed by atoms with Crippen LogP contribution >= 0.6 is 11.8 Å². The molecule has 0 fully saturated rings. The minimum Gasteiger partial charge on any atom is -0.496 e. The first kappa shape index (κ1) is 15.9. The summed E-state index contributed by atoms with van der Waals surface area (Å²) < 4.78 is 10.9. The Morgan fingerprint density at radius 2 is 2.27 bits per heavy atom. The third-order valence-electron chi connectivity index (χ3n) is 2.85. The summed E-state index contributed by atoms with van der Waals surface area (Å²) in [6, 6.07) is 8.86. The van der Waals surface area contributed by atoms with Gasteiger partial charge in [-0.25, -0.2) is 4.99 Å². The molecule has 0 aliphatic rings. The summed E-state index contributed by atoms with van der Waals surface area (Å²) in [5.74, 6) is 1.69. The molecule has 0 spiro atoms. The largest absolute Gasteiger partial charge is 0.496 e. The number of aliphatic hydroxyl groups excluding tert-OH is 1. The number of benzene rings is 1. The smallest absolute Gasteiger partial charge is 0.183 e. The summed E-state index contributed by atoms with van der Waals surface area (Å²) in [6.45, 7) is -0.151. The number of rotatable bonds is 4. The highest BCUT2D eigenvalue weighted by molar-refractivity contribution is 8.13. The Hall–Kier alpha value is -2.43. The lowest BCUT2D eigenvalue weighted by Crippen LogP contribution is -2.12. The molecular formula is C15H15N3O3S. The van der Waals surface area contributed by atoms with Crippen molar-refractivity contribution in [1.82, 2.24) is 5.32 Å². The molecule has 114 valence electrons. The number of ether oxygens (including phenoxy) is 1. The third-order valence-corrected chi connectivity index (χ3v) is 3.43. The van der Waals surface area contributed by atoms with Gasteiger partial charge in [0.05, 0.1) is 18.4 Å². The normalized spacial score (nSPS) is 11.1. The molecular weight excluding hydrogens is 302 g/mol. The van der Waals surface area contributed by atoms with E-state index in [1.165, 1.54) is 11.8 Å². The number of furan rings is 1. The van der Waals surface area contributed by atoms with Crippen LogP contribution in [0.1, 0.15) is 5.76 Å². The number of thioether (sulfide) groups is 1. The average Bonchev–Trinajstić information content (AvgIpc) is 3.03. The van der Waals surface area contributed by atoms with Crippen LogP contribution in [0, 0.1) is 11.5 Å². The van der Waals surface area contributed by atoms with Crippen LogP contribution in [0.3, 0.4) is 0 Å². The zero-order valence-electron chi connectivity index (χ0n) is 12.2. The molecule has 0 saturated carbocycles. The van der Waals surface area contributed by atoms with Crippen LogP contribution in [0.4, 0.5) is 5.69 Å². The average molecular weight is 317 g/mol. The molecule has 0 radical (unpaired) electrons. The van der Waals surface area contributed by atoms with Gasteiger partial charge in [-0.3, -0.25) is 5.32 Å². The maximum absolute atomic E-state index is 9.07. The highest BCUT2D eigenvalue weighted by Crippen LogP contribution is 2.34. The summed E-state index contributed by atoms with van der Waals surface area (Å²) in [7, 11) is 1.56. The summed E-state index contributed by atoms with van der Waals surface area (Å²) in [5.41, 5.74) is 1.42. The van der Waals surface area contributed by atoms with E-state index < -0.39 is 0 Å². The van der Waals surface area contributed by atoms with E-state index in [-0.39, 0.29) is 6.61 Å². The van der Waals surface area contributed by atoms with Crippen molar-refractivity contribution < 1.29 is 14.3 Å². The van der Waals surface area contributed by atoms with E-state index in [1.807, 2.05) is 18.5 Å². The fraction of sp³-hybridized carbons (Fsp3) is 0.200. The molecule has 2 aromatic rings. The molecule has 0 bridgehead atoms. The Morgan fingerprint density at radius 1 is 1.45 bits per heavy atom.